The molecule has 4 aromatic carbocycles. The SMILES string of the molecule is C=CC(=O)OC(CO)COc1ccc(C2(c3ccc(OCC(CO)OC(=O)C=C)cc3)c3ccccc3-c3ccccc32)cc1. The van der Waals surface area contributed by atoms with Crippen LogP contribution in [0.5, 0.6) is 11.5 Å². The van der Waals surface area contributed by atoms with E-state index in [-0.39, 0.29) is 26.4 Å². The lowest BCUT2D eigenvalue weighted by molar-refractivity contribution is -0.147. The van der Waals surface area contributed by atoms with Gasteiger partial charge in [-0.1, -0.05) is 86.0 Å². The van der Waals surface area contributed by atoms with Gasteiger partial charge in [0, 0.05) is 12.2 Å². The van der Waals surface area contributed by atoms with Crippen molar-refractivity contribution in [3.8, 4) is 22.6 Å². The molecule has 0 amide bonds. The molecular formula is C37H34O8. The second-order valence-corrected chi connectivity index (χ2v) is 10.4. The third-order valence-electron chi connectivity index (χ3n) is 7.71. The van der Waals surface area contributed by atoms with Crippen LogP contribution in [0, 0.1) is 0 Å². The van der Waals surface area contributed by atoms with Crippen molar-refractivity contribution < 1.29 is 38.7 Å². The molecule has 2 atom stereocenters. The van der Waals surface area contributed by atoms with E-state index in [2.05, 4.69) is 37.4 Å². The molecule has 0 spiro atoms. The van der Waals surface area contributed by atoms with E-state index in [1.165, 1.54) is 0 Å². The summed E-state index contributed by atoms with van der Waals surface area (Å²) in [4.78, 5) is 23.1. The van der Waals surface area contributed by atoms with Gasteiger partial charge in [0.2, 0.25) is 0 Å². The molecule has 45 heavy (non-hydrogen) atoms. The number of fused-ring (bicyclic) bond motifs is 3. The summed E-state index contributed by atoms with van der Waals surface area (Å²) in [7, 11) is 0. The third kappa shape index (κ3) is 6.38. The van der Waals surface area contributed by atoms with E-state index in [0.717, 1.165) is 45.5 Å². The summed E-state index contributed by atoms with van der Waals surface area (Å²) in [5, 5.41) is 19.2. The molecule has 4 aromatic rings. The second-order valence-electron chi connectivity index (χ2n) is 10.4. The Morgan fingerprint density at radius 1 is 0.622 bits per heavy atom. The average Bonchev–Trinajstić information content (AvgIpc) is 3.39. The highest BCUT2D eigenvalue weighted by Crippen LogP contribution is 2.56. The molecule has 0 saturated carbocycles. The van der Waals surface area contributed by atoms with Crippen molar-refractivity contribution >= 4 is 11.9 Å². The maximum Gasteiger partial charge on any atom is 0.330 e. The van der Waals surface area contributed by atoms with Gasteiger partial charge in [0.05, 0.1) is 18.6 Å². The minimum atomic E-state index is -0.822. The molecule has 8 nitrogen and oxygen atoms in total. The van der Waals surface area contributed by atoms with E-state index < -0.39 is 29.6 Å². The van der Waals surface area contributed by atoms with Gasteiger partial charge in [-0.3, -0.25) is 0 Å². The van der Waals surface area contributed by atoms with Gasteiger partial charge in [0.1, 0.15) is 24.7 Å². The van der Waals surface area contributed by atoms with Crippen LogP contribution < -0.4 is 9.47 Å². The molecule has 0 fully saturated rings. The number of rotatable bonds is 14. The number of ether oxygens (including phenoxy) is 4. The van der Waals surface area contributed by atoms with Gasteiger partial charge >= 0.3 is 11.9 Å². The molecule has 1 aliphatic carbocycles. The predicted molar refractivity (Wildman–Crippen MR) is 169 cm³/mol. The molecule has 1 aliphatic rings. The zero-order chi connectivity index (χ0) is 31.8. The molecule has 0 heterocycles. The van der Waals surface area contributed by atoms with E-state index in [0.29, 0.717) is 11.5 Å². The van der Waals surface area contributed by atoms with E-state index in [1.54, 1.807) is 0 Å². The largest absolute Gasteiger partial charge is 0.490 e. The summed E-state index contributed by atoms with van der Waals surface area (Å²) in [5.74, 6) is -0.148. The lowest BCUT2D eigenvalue weighted by atomic mass is 9.68. The van der Waals surface area contributed by atoms with E-state index in [9.17, 15) is 19.8 Å². The molecule has 2 unspecified atom stereocenters. The van der Waals surface area contributed by atoms with Crippen molar-refractivity contribution in [1.29, 1.82) is 0 Å². The maximum absolute atomic E-state index is 11.6. The molecule has 0 radical (unpaired) electrons. The minimum Gasteiger partial charge on any atom is -0.490 e. The zero-order valence-electron chi connectivity index (χ0n) is 24.6. The fraction of sp³-hybridized carbons (Fsp3) is 0.189. The summed E-state index contributed by atoms with van der Waals surface area (Å²) in [6, 6.07) is 32.2. The number of aliphatic hydroxyl groups excluding tert-OH is 2. The predicted octanol–water partition coefficient (Wildman–Crippen LogP) is 4.99. The minimum absolute atomic E-state index is 0.0162. The molecule has 230 valence electrons. The summed E-state index contributed by atoms with van der Waals surface area (Å²) >= 11 is 0. The topological polar surface area (TPSA) is 112 Å². The summed E-state index contributed by atoms with van der Waals surface area (Å²) in [6.07, 6.45) is 0.439. The highest BCUT2D eigenvalue weighted by Gasteiger charge is 2.45. The Morgan fingerprint density at radius 2 is 1.00 bits per heavy atom. The van der Waals surface area contributed by atoms with Crippen LogP contribution in [-0.4, -0.2) is 60.8 Å². The Balaban J connectivity index is 1.49. The van der Waals surface area contributed by atoms with Crippen molar-refractivity contribution in [1.82, 2.24) is 0 Å². The number of esters is 2. The van der Waals surface area contributed by atoms with Gasteiger partial charge in [-0.15, -0.1) is 0 Å². The Hall–Kier alpha value is -5.18. The van der Waals surface area contributed by atoms with Crippen LogP contribution in [0.1, 0.15) is 22.3 Å². The molecule has 0 aliphatic heterocycles. The first kappa shape index (κ1) is 31.3. The standard InChI is InChI=1S/C37H34O8/c1-3-35(40)44-29(21-38)23-42-27-17-13-25(14-18-27)37(33-11-7-5-9-31(33)32-10-6-8-12-34(32)37)26-15-19-28(20-16-26)43-24-30(22-39)45-36(41)4-2/h3-20,29-30,38-39H,1-2,21-24H2. The number of carbonyl (C=O) groups is 2. The first-order valence-corrected chi connectivity index (χ1v) is 14.5. The number of carbonyl (C=O) groups excluding carboxylic acids is 2. The normalized spacial score (nSPS) is 13.8. The Kier molecular flexibility index (Phi) is 9.77. The Bertz CT molecular complexity index is 1530. The first-order chi connectivity index (χ1) is 21.9. The van der Waals surface area contributed by atoms with Crippen molar-refractivity contribution in [2.24, 2.45) is 0 Å². The van der Waals surface area contributed by atoms with Gasteiger partial charge in [-0.25, -0.2) is 9.59 Å². The van der Waals surface area contributed by atoms with Crippen LogP contribution >= 0.6 is 0 Å². The van der Waals surface area contributed by atoms with Crippen LogP contribution in [0.4, 0.5) is 0 Å². The van der Waals surface area contributed by atoms with Crippen LogP contribution in [0.2, 0.25) is 0 Å². The third-order valence-corrected chi connectivity index (χ3v) is 7.71. The van der Waals surface area contributed by atoms with Gasteiger partial charge in [0.25, 0.3) is 0 Å². The van der Waals surface area contributed by atoms with E-state index >= 15 is 0 Å². The number of benzene rings is 4. The first-order valence-electron chi connectivity index (χ1n) is 14.5. The second kappa shape index (κ2) is 14.1. The zero-order valence-corrected chi connectivity index (χ0v) is 24.6. The average molecular weight is 607 g/mol. The molecular weight excluding hydrogens is 572 g/mol. The maximum atomic E-state index is 11.6. The van der Waals surface area contributed by atoms with Gasteiger partial charge in [-0.05, 0) is 57.6 Å². The fourth-order valence-corrected chi connectivity index (χ4v) is 5.68. The molecule has 0 aromatic heterocycles. The molecule has 0 bridgehead atoms. The summed E-state index contributed by atoms with van der Waals surface area (Å²) in [6.45, 7) is 5.97. The Labute approximate surface area is 261 Å². The lowest BCUT2D eigenvalue weighted by Gasteiger charge is -2.34. The van der Waals surface area contributed by atoms with Crippen molar-refractivity contribution in [2.75, 3.05) is 26.4 Å². The highest BCUT2D eigenvalue weighted by atomic mass is 16.6. The monoisotopic (exact) mass is 606 g/mol. The number of hydrogen-bond donors (Lipinski definition) is 2. The molecule has 0 saturated heterocycles. The molecule has 5 rings (SSSR count). The number of aliphatic hydroxyl groups is 2. The summed E-state index contributed by atoms with van der Waals surface area (Å²) in [5.41, 5.74) is 5.88. The fourth-order valence-electron chi connectivity index (χ4n) is 5.68. The van der Waals surface area contributed by atoms with E-state index in [1.807, 2.05) is 72.8 Å². The summed E-state index contributed by atoms with van der Waals surface area (Å²) < 4.78 is 21.9. The highest BCUT2D eigenvalue weighted by molar-refractivity contribution is 5.86. The smallest absolute Gasteiger partial charge is 0.330 e. The lowest BCUT2D eigenvalue weighted by Crippen LogP contribution is -2.29. The van der Waals surface area contributed by atoms with Crippen molar-refractivity contribution in [2.45, 2.75) is 17.6 Å². The van der Waals surface area contributed by atoms with Crippen LogP contribution in [-0.2, 0) is 24.5 Å². The number of hydrogen-bond acceptors (Lipinski definition) is 8. The van der Waals surface area contributed by atoms with E-state index in [4.69, 9.17) is 18.9 Å². The van der Waals surface area contributed by atoms with Crippen molar-refractivity contribution in [3.05, 3.63) is 145 Å². The van der Waals surface area contributed by atoms with Gasteiger partial charge in [0.15, 0.2) is 12.2 Å². The quantitative estimate of drug-likeness (QED) is 0.134. The van der Waals surface area contributed by atoms with Gasteiger partial charge in [-0.2, -0.15) is 0 Å². The molecule has 8 heteroatoms. The molecule has 2 N–H and O–H groups in total. The van der Waals surface area contributed by atoms with Crippen LogP contribution in [0.3, 0.4) is 0 Å². The van der Waals surface area contributed by atoms with Crippen molar-refractivity contribution in [3.63, 3.8) is 0 Å². The van der Waals surface area contributed by atoms with Crippen LogP contribution in [0.25, 0.3) is 11.1 Å². The van der Waals surface area contributed by atoms with Gasteiger partial charge < -0.3 is 29.2 Å². The van der Waals surface area contributed by atoms with Crippen LogP contribution in [0.15, 0.2) is 122 Å². The Morgan fingerprint density at radius 3 is 1.36 bits per heavy atom.